The van der Waals surface area contributed by atoms with Gasteiger partial charge in [0.25, 0.3) is 0 Å². The molecule has 53 heavy (non-hydrogen) atoms. The Kier molecular flexibility index (Phi) is 42.7. The SMILES string of the molecule is CC(C)(C)OC(=O)CCCCCCCCCCCCCCCCCCCCCCCCCCCCCCCOOOOOOONOONOONO. The summed E-state index contributed by atoms with van der Waals surface area (Å²) < 4.78 is 5.36. The minimum atomic E-state index is -0.364. The van der Waals surface area contributed by atoms with Gasteiger partial charge in [0.1, 0.15) is 5.60 Å². The molecule has 0 aliphatic heterocycles. The number of ether oxygens (including phenoxy) is 1. The lowest BCUT2D eigenvalue weighted by atomic mass is 10.0. The molecule has 0 saturated carbocycles. The van der Waals surface area contributed by atoms with E-state index in [4.69, 9.17) is 14.8 Å². The maximum Gasteiger partial charge on any atom is 0.306 e. The highest BCUT2D eigenvalue weighted by molar-refractivity contribution is 5.69. The van der Waals surface area contributed by atoms with Crippen LogP contribution in [0, 0.1) is 0 Å². The molecule has 0 heterocycles. The smallest absolute Gasteiger partial charge is 0.306 e. The number of esters is 1. The first kappa shape index (κ1) is 51.9. The summed E-state index contributed by atoms with van der Waals surface area (Å²) in [7, 11) is 0. The van der Waals surface area contributed by atoms with Crippen molar-refractivity contribution in [1.29, 1.82) is 0 Å². The zero-order valence-corrected chi connectivity index (χ0v) is 33.2. The molecule has 0 spiro atoms. The number of nitrogens with one attached hydrogen (secondary N) is 3. The minimum absolute atomic E-state index is 0.0561. The van der Waals surface area contributed by atoms with Crippen LogP contribution in [0.5, 0.6) is 0 Å². The molecular formula is C36H75N3O14. The highest BCUT2D eigenvalue weighted by atomic mass is 17.9. The average molecular weight is 774 g/mol. The summed E-state index contributed by atoms with van der Waals surface area (Å²) >= 11 is 0. The van der Waals surface area contributed by atoms with Gasteiger partial charge >= 0.3 is 5.97 Å². The van der Waals surface area contributed by atoms with Crippen molar-refractivity contribution in [2.45, 2.75) is 219 Å². The quantitative estimate of drug-likeness (QED) is 0.0198. The number of unbranched alkanes of at least 4 members (excludes halogenated alkanes) is 28. The number of carbonyl (C=O) groups is 1. The summed E-state index contributed by atoms with van der Waals surface area (Å²) in [6, 6.07) is 0. The van der Waals surface area contributed by atoms with Crippen LogP contribution in [0.2, 0.25) is 0 Å². The molecule has 0 aliphatic rings. The maximum atomic E-state index is 11.7. The van der Waals surface area contributed by atoms with Gasteiger partial charge in [-0.25, -0.2) is 4.89 Å². The Morgan fingerprint density at radius 3 is 1.13 bits per heavy atom. The lowest BCUT2D eigenvalue weighted by Gasteiger charge is -2.19. The molecule has 17 nitrogen and oxygen atoms in total. The molecule has 318 valence electrons. The van der Waals surface area contributed by atoms with Gasteiger partial charge in [0.2, 0.25) is 0 Å². The predicted molar refractivity (Wildman–Crippen MR) is 192 cm³/mol. The van der Waals surface area contributed by atoms with Crippen molar-refractivity contribution in [2.75, 3.05) is 6.61 Å². The Hall–Kier alpha value is -1.13. The average Bonchev–Trinajstić information content (AvgIpc) is 3.12. The van der Waals surface area contributed by atoms with Crippen LogP contribution >= 0.6 is 0 Å². The van der Waals surface area contributed by atoms with Crippen molar-refractivity contribution in [2.24, 2.45) is 0 Å². The highest BCUT2D eigenvalue weighted by Crippen LogP contribution is 2.17. The molecule has 0 bridgehead atoms. The molecule has 0 aromatic heterocycles. The Morgan fingerprint density at radius 1 is 0.415 bits per heavy atom. The van der Waals surface area contributed by atoms with E-state index < -0.39 is 0 Å². The lowest BCUT2D eigenvalue weighted by Crippen LogP contribution is -2.25. The second-order valence-electron chi connectivity index (χ2n) is 14.4. The molecule has 0 radical (unpaired) electrons. The third-order valence-electron chi connectivity index (χ3n) is 8.48. The third kappa shape index (κ3) is 48.9. The molecular weight excluding hydrogens is 698 g/mol. The fourth-order valence-electron chi connectivity index (χ4n) is 5.81. The first-order valence-corrected chi connectivity index (χ1v) is 20.3. The standard InChI is InChI=1S/C36H75N3O14/c1-36(2,3)43-35(40)33-31-29-27-25-23-21-19-17-15-13-11-9-7-5-4-6-8-10-12-14-16-18-20-22-24-26-28-30-32-34-42-49-51-53-52-50-48-39-47-46-38-45-44-37-41/h37-39,41H,4-34H2,1-3H3. The van der Waals surface area contributed by atoms with E-state index in [2.05, 4.69) is 50.1 Å². The van der Waals surface area contributed by atoms with Crippen molar-refractivity contribution in [3.05, 3.63) is 0 Å². The summed E-state index contributed by atoms with van der Waals surface area (Å²) in [5.74, 6) is -0.0561. The van der Waals surface area contributed by atoms with E-state index in [9.17, 15) is 4.79 Å². The molecule has 0 aromatic carbocycles. The Morgan fingerprint density at radius 2 is 0.736 bits per heavy atom. The van der Waals surface area contributed by atoms with Crippen LogP contribution < -0.4 is 16.9 Å². The summed E-state index contributed by atoms with van der Waals surface area (Å²) in [4.78, 5) is 36.0. The summed E-state index contributed by atoms with van der Waals surface area (Å²) in [5, 5.41) is 28.0. The molecule has 0 aromatic rings. The Labute approximate surface area is 318 Å². The minimum Gasteiger partial charge on any atom is -0.460 e. The van der Waals surface area contributed by atoms with E-state index in [0.717, 1.165) is 32.1 Å². The monoisotopic (exact) mass is 774 g/mol. The molecule has 0 aliphatic carbocycles. The fourth-order valence-corrected chi connectivity index (χ4v) is 5.81. The Bertz CT molecular complexity index is 725. The zero-order chi connectivity index (χ0) is 38.6. The van der Waals surface area contributed by atoms with Gasteiger partial charge in [0.15, 0.2) is 0 Å². The van der Waals surface area contributed by atoms with Gasteiger partial charge in [-0.3, -0.25) is 10.0 Å². The molecule has 4 N–H and O–H groups in total. The molecule has 17 heteroatoms. The lowest BCUT2D eigenvalue weighted by molar-refractivity contribution is -0.800. The molecule has 0 unspecified atom stereocenters. The largest absolute Gasteiger partial charge is 0.460 e. The first-order valence-electron chi connectivity index (χ1n) is 20.3. The van der Waals surface area contributed by atoms with Gasteiger partial charge in [-0.05, 0) is 75.7 Å². The van der Waals surface area contributed by atoms with Crippen LogP contribution in [0.1, 0.15) is 213 Å². The highest BCUT2D eigenvalue weighted by Gasteiger charge is 2.15. The van der Waals surface area contributed by atoms with Gasteiger partial charge in [-0.15, -0.1) is 0 Å². The van der Waals surface area contributed by atoms with E-state index in [1.165, 1.54) is 160 Å². The van der Waals surface area contributed by atoms with Crippen LogP contribution in [0.4, 0.5) is 0 Å². The van der Waals surface area contributed by atoms with Crippen molar-refractivity contribution in [3.63, 3.8) is 0 Å². The summed E-state index contributed by atoms with van der Waals surface area (Å²) in [6.07, 6.45) is 38.5. The molecule has 0 atom stereocenters. The summed E-state index contributed by atoms with van der Waals surface area (Å²) in [5.41, 5.74) is 3.96. The van der Waals surface area contributed by atoms with E-state index >= 15 is 0 Å². The molecule has 0 fully saturated rings. The maximum absolute atomic E-state index is 11.7. The molecule has 0 rings (SSSR count). The van der Waals surface area contributed by atoms with E-state index in [-0.39, 0.29) is 11.6 Å². The van der Waals surface area contributed by atoms with Crippen LogP contribution in [0.3, 0.4) is 0 Å². The van der Waals surface area contributed by atoms with Gasteiger partial charge in [0, 0.05) is 6.42 Å². The second kappa shape index (κ2) is 43.6. The van der Waals surface area contributed by atoms with Crippen LogP contribution in [-0.4, -0.2) is 23.4 Å². The van der Waals surface area contributed by atoms with E-state index in [1.807, 2.05) is 20.8 Å². The predicted octanol–water partition coefficient (Wildman–Crippen LogP) is 10.3. The third-order valence-corrected chi connectivity index (χ3v) is 8.48. The number of hydrogen-bond acceptors (Lipinski definition) is 17. The van der Waals surface area contributed by atoms with Gasteiger partial charge in [-0.1, -0.05) is 198 Å². The normalized spacial score (nSPS) is 11.8. The topological polar surface area (TPSA) is 184 Å². The van der Waals surface area contributed by atoms with Crippen molar-refractivity contribution in [1.82, 2.24) is 16.9 Å². The number of carbonyl (C=O) groups excluding carboxylic acids is 1. The van der Waals surface area contributed by atoms with Gasteiger partial charge in [-0.2, -0.15) is 0 Å². The number of rotatable bonds is 45. The van der Waals surface area contributed by atoms with E-state index in [1.54, 1.807) is 11.3 Å². The van der Waals surface area contributed by atoms with Crippen LogP contribution in [0.25, 0.3) is 0 Å². The molecule has 0 saturated heterocycles. The Balaban J connectivity index is 3.09. The first-order chi connectivity index (χ1) is 26.0. The van der Waals surface area contributed by atoms with Gasteiger partial charge in [0.05, 0.1) is 6.61 Å². The van der Waals surface area contributed by atoms with E-state index in [0.29, 0.717) is 13.0 Å². The van der Waals surface area contributed by atoms with Crippen LogP contribution in [0.15, 0.2) is 0 Å². The number of hydrogen-bond donors (Lipinski definition) is 4. The zero-order valence-electron chi connectivity index (χ0n) is 33.2. The van der Waals surface area contributed by atoms with Gasteiger partial charge < -0.3 is 4.74 Å². The second-order valence-corrected chi connectivity index (χ2v) is 14.4. The van der Waals surface area contributed by atoms with Crippen molar-refractivity contribution >= 4 is 5.97 Å². The van der Waals surface area contributed by atoms with Crippen molar-refractivity contribution < 1.29 is 69.8 Å². The molecule has 0 amide bonds. The summed E-state index contributed by atoms with van der Waals surface area (Å²) in [6.45, 7) is 6.12. The van der Waals surface area contributed by atoms with Crippen molar-refractivity contribution in [3.8, 4) is 0 Å². The fraction of sp³-hybridized carbons (Fsp3) is 0.972. The van der Waals surface area contributed by atoms with Crippen LogP contribution in [-0.2, 0) is 64.6 Å².